The van der Waals surface area contributed by atoms with Gasteiger partial charge in [-0.3, -0.25) is 9.59 Å². The molecule has 2 aromatic rings. The van der Waals surface area contributed by atoms with E-state index in [-0.39, 0.29) is 17.7 Å². The second-order valence-electron chi connectivity index (χ2n) is 11.4. The summed E-state index contributed by atoms with van der Waals surface area (Å²) in [6, 6.07) is 14.6. The average Bonchev–Trinajstić information content (AvgIpc) is 3.10. The number of carbonyl (C=O) groups is 2. The Balaban J connectivity index is 1.66. The van der Waals surface area contributed by atoms with Gasteiger partial charge in [-0.2, -0.15) is 0 Å². The first-order valence-corrected chi connectivity index (χ1v) is 12.9. The van der Waals surface area contributed by atoms with Crippen LogP contribution in [0.4, 0.5) is 5.69 Å². The summed E-state index contributed by atoms with van der Waals surface area (Å²) < 4.78 is 6.00. The summed E-state index contributed by atoms with van der Waals surface area (Å²) in [5.41, 5.74) is 3.49. The van der Waals surface area contributed by atoms with Gasteiger partial charge in [0.2, 0.25) is 0 Å². The summed E-state index contributed by atoms with van der Waals surface area (Å²) >= 11 is 0. The van der Waals surface area contributed by atoms with E-state index in [9.17, 15) is 14.7 Å². The van der Waals surface area contributed by atoms with Crippen molar-refractivity contribution in [1.29, 1.82) is 0 Å². The van der Waals surface area contributed by atoms with Gasteiger partial charge in [-0.1, -0.05) is 25.1 Å². The SMILES string of the molecule is CC(=O)O[C@]1(C(C)=O)CC[C@H]2[C@@H]3CCc4cc(O)ccc4C3[C@@H](c3ccc(N(C)C)cc3)C[C@@]21C. The number of ether oxygens (including phenoxy) is 1. The van der Waals surface area contributed by atoms with Crippen LogP contribution in [0, 0.1) is 17.3 Å². The first-order chi connectivity index (χ1) is 16.6. The number of Topliss-reactive ketones (excluding diaryl/α,β-unsaturated/α-hetero) is 1. The van der Waals surface area contributed by atoms with Crippen LogP contribution in [0.5, 0.6) is 5.75 Å². The Morgan fingerprint density at radius 2 is 1.77 bits per heavy atom. The molecular weight excluding hydrogens is 438 g/mol. The van der Waals surface area contributed by atoms with Crippen molar-refractivity contribution in [2.24, 2.45) is 17.3 Å². The molecule has 3 aliphatic carbocycles. The van der Waals surface area contributed by atoms with E-state index in [1.54, 1.807) is 6.92 Å². The van der Waals surface area contributed by atoms with E-state index in [0.717, 1.165) is 31.4 Å². The number of hydrogen-bond acceptors (Lipinski definition) is 5. The van der Waals surface area contributed by atoms with Gasteiger partial charge in [-0.25, -0.2) is 0 Å². The summed E-state index contributed by atoms with van der Waals surface area (Å²) in [4.78, 5) is 27.6. The normalized spacial score (nSPS) is 33.3. The molecule has 0 aliphatic heterocycles. The van der Waals surface area contributed by atoms with E-state index in [1.165, 1.54) is 23.6 Å². The van der Waals surface area contributed by atoms with Crippen molar-refractivity contribution in [3.05, 3.63) is 59.2 Å². The zero-order valence-corrected chi connectivity index (χ0v) is 21.5. The topological polar surface area (TPSA) is 66.8 Å². The maximum absolute atomic E-state index is 13.2. The summed E-state index contributed by atoms with van der Waals surface area (Å²) in [5.74, 6) is 1.10. The Labute approximate surface area is 208 Å². The van der Waals surface area contributed by atoms with Crippen molar-refractivity contribution >= 4 is 17.4 Å². The third kappa shape index (κ3) is 3.57. The highest BCUT2D eigenvalue weighted by Gasteiger charge is 2.68. The van der Waals surface area contributed by atoms with Crippen LogP contribution >= 0.6 is 0 Å². The summed E-state index contributed by atoms with van der Waals surface area (Å²) in [6.07, 6.45) is 4.21. The van der Waals surface area contributed by atoms with E-state index in [1.807, 2.05) is 26.2 Å². The van der Waals surface area contributed by atoms with E-state index < -0.39 is 11.0 Å². The lowest BCUT2D eigenvalue weighted by atomic mass is 9.48. The quantitative estimate of drug-likeness (QED) is 0.583. The van der Waals surface area contributed by atoms with Crippen LogP contribution in [0.25, 0.3) is 0 Å². The number of benzene rings is 2. The molecule has 5 rings (SSSR count). The lowest BCUT2D eigenvalue weighted by molar-refractivity contribution is -0.184. The number of hydrogen-bond donors (Lipinski definition) is 1. The number of aryl methyl sites for hydroxylation is 1. The summed E-state index contributed by atoms with van der Waals surface area (Å²) in [6.45, 7) is 5.23. The Morgan fingerprint density at radius 1 is 1.06 bits per heavy atom. The van der Waals surface area contributed by atoms with Crippen LogP contribution in [0.2, 0.25) is 0 Å². The third-order valence-electron chi connectivity index (χ3n) is 9.56. The van der Waals surface area contributed by atoms with E-state index in [2.05, 4.69) is 42.2 Å². The molecule has 0 aromatic heterocycles. The van der Waals surface area contributed by atoms with Crippen molar-refractivity contribution in [2.75, 3.05) is 19.0 Å². The molecule has 5 nitrogen and oxygen atoms in total. The molecular formula is C30H37NO4. The fourth-order valence-electron chi connectivity index (χ4n) is 8.09. The fourth-order valence-corrected chi connectivity index (χ4v) is 8.09. The molecule has 0 bridgehead atoms. The molecule has 35 heavy (non-hydrogen) atoms. The molecule has 6 atom stereocenters. The Hall–Kier alpha value is -2.82. The van der Waals surface area contributed by atoms with Gasteiger partial charge in [0.25, 0.3) is 0 Å². The van der Waals surface area contributed by atoms with Crippen molar-refractivity contribution in [3.63, 3.8) is 0 Å². The van der Waals surface area contributed by atoms with Crippen molar-refractivity contribution in [1.82, 2.24) is 0 Å². The highest BCUT2D eigenvalue weighted by atomic mass is 16.6. The number of nitrogens with zero attached hydrogens (tertiary/aromatic N) is 1. The Morgan fingerprint density at radius 3 is 2.40 bits per heavy atom. The molecule has 0 saturated heterocycles. The average molecular weight is 476 g/mol. The number of rotatable bonds is 4. The molecule has 0 heterocycles. The zero-order valence-electron chi connectivity index (χ0n) is 21.5. The highest BCUT2D eigenvalue weighted by Crippen LogP contribution is 2.68. The predicted octanol–water partition coefficient (Wildman–Crippen LogP) is 5.60. The minimum atomic E-state index is -1.06. The van der Waals surface area contributed by atoms with Crippen LogP contribution in [0.3, 0.4) is 0 Å². The molecule has 0 amide bonds. The van der Waals surface area contributed by atoms with Gasteiger partial charge < -0.3 is 14.7 Å². The largest absolute Gasteiger partial charge is 0.508 e. The molecule has 2 fully saturated rings. The number of anilines is 1. The standard InChI is InChI=1S/C30H37NO4/c1-18(32)30(35-19(2)33)15-14-27-25-12-8-21-16-23(34)11-13-24(21)28(25)26(17-29(27,30)3)20-6-9-22(10-7-20)31(4)5/h6-7,9-11,13,16,25-28,34H,8,12,14-15,17H2,1-5H3/t25-,26+,27-,28?,29-,30-/m0/s1. The third-order valence-corrected chi connectivity index (χ3v) is 9.56. The Bertz CT molecular complexity index is 1160. The lowest BCUT2D eigenvalue weighted by Gasteiger charge is -2.56. The van der Waals surface area contributed by atoms with Crippen LogP contribution in [0.15, 0.2) is 42.5 Å². The van der Waals surface area contributed by atoms with Gasteiger partial charge in [-0.15, -0.1) is 0 Å². The Kier molecular flexibility index (Phi) is 5.73. The van der Waals surface area contributed by atoms with Gasteiger partial charge in [-0.05, 0) is 104 Å². The molecule has 1 N–H and O–H groups in total. The molecule has 5 heteroatoms. The molecule has 2 aromatic carbocycles. The highest BCUT2D eigenvalue weighted by molar-refractivity contribution is 5.89. The number of aromatic hydroxyl groups is 1. The molecule has 3 aliphatic rings. The molecule has 186 valence electrons. The number of esters is 1. The lowest BCUT2D eigenvalue weighted by Crippen LogP contribution is -2.57. The number of carbonyl (C=O) groups excluding carboxylic acids is 2. The second kappa shape index (κ2) is 8.39. The van der Waals surface area contributed by atoms with Gasteiger partial charge >= 0.3 is 5.97 Å². The van der Waals surface area contributed by atoms with Crippen LogP contribution in [-0.2, 0) is 20.7 Å². The van der Waals surface area contributed by atoms with Crippen molar-refractivity contribution < 1.29 is 19.4 Å². The van der Waals surface area contributed by atoms with Crippen LogP contribution in [-0.4, -0.2) is 36.6 Å². The first-order valence-electron chi connectivity index (χ1n) is 12.9. The maximum atomic E-state index is 13.2. The van der Waals surface area contributed by atoms with Gasteiger partial charge in [0.15, 0.2) is 11.4 Å². The minimum Gasteiger partial charge on any atom is -0.508 e. The number of ketones is 1. The number of phenolic OH excluding ortho intramolecular Hbond substituents is 1. The van der Waals surface area contributed by atoms with E-state index in [4.69, 9.17) is 4.74 Å². The molecule has 0 radical (unpaired) electrons. The van der Waals surface area contributed by atoms with Crippen LogP contribution < -0.4 is 4.90 Å². The van der Waals surface area contributed by atoms with Gasteiger partial charge in [0, 0.05) is 32.1 Å². The molecule has 2 saturated carbocycles. The summed E-state index contributed by atoms with van der Waals surface area (Å²) in [5, 5.41) is 10.2. The fraction of sp³-hybridized carbons (Fsp3) is 0.533. The summed E-state index contributed by atoms with van der Waals surface area (Å²) in [7, 11) is 4.08. The molecule has 0 spiro atoms. The smallest absolute Gasteiger partial charge is 0.303 e. The van der Waals surface area contributed by atoms with Gasteiger partial charge in [0.05, 0.1) is 0 Å². The molecule has 1 unspecified atom stereocenters. The maximum Gasteiger partial charge on any atom is 0.303 e. The van der Waals surface area contributed by atoms with Crippen molar-refractivity contribution in [2.45, 2.75) is 70.3 Å². The van der Waals surface area contributed by atoms with Crippen LogP contribution in [0.1, 0.15) is 75.0 Å². The first kappa shape index (κ1) is 23.9. The van der Waals surface area contributed by atoms with Crippen molar-refractivity contribution in [3.8, 4) is 5.75 Å². The second-order valence-corrected chi connectivity index (χ2v) is 11.4. The van der Waals surface area contributed by atoms with E-state index in [0.29, 0.717) is 29.9 Å². The zero-order chi connectivity index (χ0) is 25.1. The van der Waals surface area contributed by atoms with E-state index >= 15 is 0 Å². The predicted molar refractivity (Wildman–Crippen MR) is 137 cm³/mol. The number of phenols is 1. The van der Waals surface area contributed by atoms with Gasteiger partial charge in [0.1, 0.15) is 5.75 Å². The number of fused-ring (bicyclic) bond motifs is 5. The minimum absolute atomic E-state index is 0.0287. The monoisotopic (exact) mass is 475 g/mol.